The fraction of sp³-hybridized carbons (Fsp3) is 0.375. The van der Waals surface area contributed by atoms with Gasteiger partial charge in [0.1, 0.15) is 0 Å². The number of Topliss-reactive ketones (excluding diaryl/α,β-unsaturated/α-hetero) is 1. The maximum Gasteiger partial charge on any atom is 0.320 e. The van der Waals surface area contributed by atoms with E-state index in [0.717, 1.165) is 0 Å². The number of carbonyl (C=O) groups is 3. The average Bonchev–Trinajstić information content (AvgIpc) is 2.76. The highest BCUT2D eigenvalue weighted by Crippen LogP contribution is 2.33. The van der Waals surface area contributed by atoms with E-state index in [2.05, 4.69) is 0 Å². The van der Waals surface area contributed by atoms with Gasteiger partial charge < -0.3 is 9.47 Å². The van der Waals surface area contributed by atoms with Crippen molar-refractivity contribution in [1.29, 1.82) is 0 Å². The first-order valence-corrected chi connectivity index (χ1v) is 10.5. The molecule has 0 heterocycles. The molecule has 2 aromatic carbocycles. The molecule has 0 aliphatic rings. The largest absolute Gasteiger partial charge is 0.465 e. The zero-order valence-electron chi connectivity index (χ0n) is 17.3. The molecule has 0 saturated heterocycles. The fourth-order valence-electron chi connectivity index (χ4n) is 3.09. The molecule has 2 aromatic rings. The fourth-order valence-corrected chi connectivity index (χ4v) is 3.22. The summed E-state index contributed by atoms with van der Waals surface area (Å²) in [5.41, 5.74) is 1.16. The molecule has 0 N–H and O–H groups in total. The summed E-state index contributed by atoms with van der Waals surface area (Å²) < 4.78 is 10.6. The maximum absolute atomic E-state index is 12.9. The molecule has 160 valence electrons. The standard InChI is InChI=1S/C24H27ClO5/c1-3-14-29-23(27)22(24(28)30-15-4-2)20(17-10-12-19(25)13-11-17)16-21(26)18-8-6-5-7-9-18/h5-13,20,22H,3-4,14-16H2,1-2H3/t20-/m0/s1. The second-order valence-corrected chi connectivity index (χ2v) is 7.40. The second-order valence-electron chi connectivity index (χ2n) is 6.96. The predicted octanol–water partition coefficient (Wildman–Crippen LogP) is 5.22. The van der Waals surface area contributed by atoms with Gasteiger partial charge in [0, 0.05) is 22.9 Å². The molecule has 0 amide bonds. The van der Waals surface area contributed by atoms with Gasteiger partial charge in [0.2, 0.25) is 0 Å². The third-order valence-electron chi connectivity index (χ3n) is 4.61. The van der Waals surface area contributed by atoms with E-state index in [0.29, 0.717) is 29.0 Å². The summed E-state index contributed by atoms with van der Waals surface area (Å²) in [7, 11) is 0. The van der Waals surface area contributed by atoms with E-state index in [9.17, 15) is 14.4 Å². The van der Waals surface area contributed by atoms with Gasteiger partial charge in [-0.05, 0) is 30.5 Å². The van der Waals surface area contributed by atoms with Crippen LogP contribution in [0.1, 0.15) is 54.9 Å². The molecule has 0 radical (unpaired) electrons. The molecular formula is C24H27ClO5. The minimum atomic E-state index is -1.24. The van der Waals surface area contributed by atoms with E-state index in [4.69, 9.17) is 21.1 Å². The van der Waals surface area contributed by atoms with Crippen molar-refractivity contribution >= 4 is 29.3 Å². The minimum Gasteiger partial charge on any atom is -0.465 e. The highest BCUT2D eigenvalue weighted by molar-refractivity contribution is 6.30. The molecular weight excluding hydrogens is 404 g/mol. The van der Waals surface area contributed by atoms with Crippen LogP contribution in [0.3, 0.4) is 0 Å². The maximum atomic E-state index is 12.9. The van der Waals surface area contributed by atoms with Crippen molar-refractivity contribution in [2.24, 2.45) is 5.92 Å². The molecule has 0 aliphatic carbocycles. The molecule has 0 saturated carbocycles. The van der Waals surface area contributed by atoms with E-state index in [-0.39, 0.29) is 25.4 Å². The van der Waals surface area contributed by atoms with Crippen LogP contribution in [0.2, 0.25) is 5.02 Å². The van der Waals surface area contributed by atoms with E-state index in [1.54, 1.807) is 48.5 Å². The van der Waals surface area contributed by atoms with Crippen molar-refractivity contribution in [1.82, 2.24) is 0 Å². The van der Waals surface area contributed by atoms with E-state index in [1.807, 2.05) is 19.9 Å². The normalized spacial score (nSPS) is 11.7. The average molecular weight is 431 g/mol. The van der Waals surface area contributed by atoms with Crippen molar-refractivity contribution in [3.8, 4) is 0 Å². The topological polar surface area (TPSA) is 69.7 Å². The summed E-state index contributed by atoms with van der Waals surface area (Å²) in [5, 5.41) is 0.519. The van der Waals surface area contributed by atoms with Gasteiger partial charge in [0.05, 0.1) is 13.2 Å². The van der Waals surface area contributed by atoms with Crippen LogP contribution in [0.4, 0.5) is 0 Å². The number of esters is 2. The Morgan fingerprint density at radius 3 is 1.87 bits per heavy atom. The number of ketones is 1. The first-order valence-electron chi connectivity index (χ1n) is 10.1. The van der Waals surface area contributed by atoms with Gasteiger partial charge in [-0.15, -0.1) is 0 Å². The summed E-state index contributed by atoms with van der Waals surface area (Å²) in [6, 6.07) is 15.6. The Morgan fingerprint density at radius 2 is 1.37 bits per heavy atom. The lowest BCUT2D eigenvalue weighted by molar-refractivity contribution is -0.163. The molecule has 30 heavy (non-hydrogen) atoms. The highest BCUT2D eigenvalue weighted by atomic mass is 35.5. The Morgan fingerprint density at radius 1 is 0.833 bits per heavy atom. The third kappa shape index (κ3) is 6.70. The Labute approximate surface area is 182 Å². The number of hydrogen-bond donors (Lipinski definition) is 0. The van der Waals surface area contributed by atoms with Gasteiger partial charge in [-0.2, -0.15) is 0 Å². The summed E-state index contributed by atoms with van der Waals surface area (Å²) in [4.78, 5) is 38.6. The summed E-state index contributed by atoms with van der Waals surface area (Å²) >= 11 is 6.01. The molecule has 0 bridgehead atoms. The van der Waals surface area contributed by atoms with Gasteiger partial charge in [-0.3, -0.25) is 14.4 Å². The summed E-state index contributed by atoms with van der Waals surface area (Å²) in [6.07, 6.45) is 1.20. The number of benzene rings is 2. The van der Waals surface area contributed by atoms with E-state index >= 15 is 0 Å². The van der Waals surface area contributed by atoms with Crippen LogP contribution in [0.25, 0.3) is 0 Å². The zero-order chi connectivity index (χ0) is 21.9. The number of carbonyl (C=O) groups excluding carboxylic acids is 3. The van der Waals surface area contributed by atoms with E-state index in [1.165, 1.54) is 0 Å². The molecule has 6 heteroatoms. The molecule has 0 aromatic heterocycles. The minimum absolute atomic E-state index is 0.0429. The van der Waals surface area contributed by atoms with Crippen molar-refractivity contribution in [3.05, 3.63) is 70.7 Å². The smallest absolute Gasteiger partial charge is 0.320 e. The van der Waals surface area contributed by atoms with Crippen LogP contribution in [0, 0.1) is 5.92 Å². The van der Waals surface area contributed by atoms with Crippen LogP contribution >= 0.6 is 11.6 Å². The Hall–Kier alpha value is -2.66. The number of rotatable bonds is 11. The Balaban J connectivity index is 2.42. The summed E-state index contributed by atoms with van der Waals surface area (Å²) in [5.74, 6) is -3.51. The first-order chi connectivity index (χ1) is 14.5. The molecule has 0 spiro atoms. The molecule has 0 unspecified atom stereocenters. The van der Waals surface area contributed by atoms with Crippen LogP contribution in [-0.4, -0.2) is 30.9 Å². The zero-order valence-corrected chi connectivity index (χ0v) is 18.1. The van der Waals surface area contributed by atoms with Gasteiger partial charge in [0.15, 0.2) is 11.7 Å². The van der Waals surface area contributed by atoms with Gasteiger partial charge in [0.25, 0.3) is 0 Å². The van der Waals surface area contributed by atoms with Crippen molar-refractivity contribution in [3.63, 3.8) is 0 Å². The molecule has 1 atom stereocenters. The second kappa shape index (κ2) is 12.1. The van der Waals surface area contributed by atoms with Crippen molar-refractivity contribution < 1.29 is 23.9 Å². The van der Waals surface area contributed by atoms with Crippen LogP contribution in [0.15, 0.2) is 54.6 Å². The number of halogens is 1. The quantitative estimate of drug-likeness (QED) is 0.277. The molecule has 0 aliphatic heterocycles. The lowest BCUT2D eigenvalue weighted by atomic mass is 9.81. The lowest BCUT2D eigenvalue weighted by Crippen LogP contribution is -2.35. The van der Waals surface area contributed by atoms with Crippen LogP contribution in [-0.2, 0) is 19.1 Å². The van der Waals surface area contributed by atoms with Gasteiger partial charge >= 0.3 is 11.9 Å². The SMILES string of the molecule is CCCOC(=O)C(C(=O)OCCC)[C@@H](CC(=O)c1ccccc1)c1ccc(Cl)cc1. The van der Waals surface area contributed by atoms with Gasteiger partial charge in [-0.25, -0.2) is 0 Å². The van der Waals surface area contributed by atoms with Crippen LogP contribution < -0.4 is 0 Å². The van der Waals surface area contributed by atoms with Crippen LogP contribution in [0.5, 0.6) is 0 Å². The van der Waals surface area contributed by atoms with Gasteiger partial charge in [-0.1, -0.05) is 67.9 Å². The Kier molecular flexibility index (Phi) is 9.55. The predicted molar refractivity (Wildman–Crippen MR) is 116 cm³/mol. The number of ether oxygens (including phenoxy) is 2. The monoisotopic (exact) mass is 430 g/mol. The van der Waals surface area contributed by atoms with E-state index < -0.39 is 23.8 Å². The number of hydrogen-bond acceptors (Lipinski definition) is 5. The molecule has 5 nitrogen and oxygen atoms in total. The summed E-state index contributed by atoms with van der Waals surface area (Å²) in [6.45, 7) is 4.12. The first kappa shape index (κ1) is 23.6. The third-order valence-corrected chi connectivity index (χ3v) is 4.86. The molecule has 2 rings (SSSR count). The lowest BCUT2D eigenvalue weighted by Gasteiger charge is -2.24. The highest BCUT2D eigenvalue weighted by Gasteiger charge is 2.39. The Bertz CT molecular complexity index is 812. The van der Waals surface area contributed by atoms with Crippen molar-refractivity contribution in [2.75, 3.05) is 13.2 Å². The van der Waals surface area contributed by atoms with Crippen molar-refractivity contribution in [2.45, 2.75) is 39.0 Å². The molecule has 0 fully saturated rings.